The second kappa shape index (κ2) is 6.00. The predicted octanol–water partition coefficient (Wildman–Crippen LogP) is 1.03. The Bertz CT molecular complexity index is 445. The van der Waals surface area contributed by atoms with Crippen LogP contribution in [-0.2, 0) is 4.79 Å². The van der Waals surface area contributed by atoms with E-state index in [0.717, 1.165) is 4.90 Å². The Morgan fingerprint density at radius 2 is 2.17 bits per heavy atom. The lowest BCUT2D eigenvalue weighted by Gasteiger charge is -2.17. The van der Waals surface area contributed by atoms with Crippen LogP contribution in [0.4, 0.5) is 0 Å². The van der Waals surface area contributed by atoms with Crippen LogP contribution >= 0.6 is 0 Å². The smallest absolute Gasteiger partial charge is 0.323 e. The Morgan fingerprint density at radius 1 is 1.50 bits per heavy atom. The van der Waals surface area contributed by atoms with Gasteiger partial charge in [0.2, 0.25) is 0 Å². The number of likely N-dealkylation sites (N-methyl/N-ethyl adjacent to an activating group) is 1. The Labute approximate surface area is 105 Å². The molecule has 1 N–H and O–H groups in total. The van der Waals surface area contributed by atoms with Gasteiger partial charge < -0.3 is 14.7 Å². The summed E-state index contributed by atoms with van der Waals surface area (Å²) in [7, 11) is 1.41. The molecule has 18 heavy (non-hydrogen) atoms. The maximum Gasteiger partial charge on any atom is 0.323 e. The SMILES string of the molecule is CC(C)Oc1cccnc1C(=O)N(C)CC(=O)O. The number of nitrogens with zero attached hydrogens (tertiary/aromatic N) is 2. The van der Waals surface area contributed by atoms with Crippen molar-refractivity contribution >= 4 is 11.9 Å². The summed E-state index contributed by atoms with van der Waals surface area (Å²) in [5, 5.41) is 8.65. The van der Waals surface area contributed by atoms with Gasteiger partial charge in [0.25, 0.3) is 5.91 Å². The van der Waals surface area contributed by atoms with E-state index in [2.05, 4.69) is 4.98 Å². The number of carboxylic acid groups (broad SMARTS) is 1. The number of carbonyl (C=O) groups is 2. The summed E-state index contributed by atoms with van der Waals surface area (Å²) in [5.41, 5.74) is 0.120. The molecule has 0 aliphatic carbocycles. The number of rotatable bonds is 5. The molecule has 6 nitrogen and oxygen atoms in total. The number of aromatic nitrogens is 1. The first-order valence-electron chi connectivity index (χ1n) is 5.50. The number of ether oxygens (including phenoxy) is 1. The Morgan fingerprint density at radius 3 is 2.72 bits per heavy atom. The van der Waals surface area contributed by atoms with Crippen molar-refractivity contribution in [1.29, 1.82) is 0 Å². The van der Waals surface area contributed by atoms with Crippen molar-refractivity contribution in [2.75, 3.05) is 13.6 Å². The quantitative estimate of drug-likeness (QED) is 0.846. The molecular weight excluding hydrogens is 236 g/mol. The predicted molar refractivity (Wildman–Crippen MR) is 64.6 cm³/mol. The van der Waals surface area contributed by atoms with E-state index >= 15 is 0 Å². The lowest BCUT2D eigenvalue weighted by molar-refractivity contribution is -0.137. The lowest BCUT2D eigenvalue weighted by atomic mass is 10.3. The number of hydrogen-bond donors (Lipinski definition) is 1. The Balaban J connectivity index is 2.94. The molecule has 1 aromatic heterocycles. The van der Waals surface area contributed by atoms with Crippen LogP contribution in [0, 0.1) is 0 Å². The van der Waals surface area contributed by atoms with Gasteiger partial charge in [-0.15, -0.1) is 0 Å². The van der Waals surface area contributed by atoms with E-state index in [1.165, 1.54) is 13.2 Å². The summed E-state index contributed by atoms with van der Waals surface area (Å²) >= 11 is 0. The first-order chi connectivity index (χ1) is 8.41. The number of aliphatic carboxylic acids is 1. The van der Waals surface area contributed by atoms with Crippen molar-refractivity contribution in [3.63, 3.8) is 0 Å². The lowest BCUT2D eigenvalue weighted by Crippen LogP contribution is -2.33. The fourth-order valence-electron chi connectivity index (χ4n) is 1.36. The molecule has 6 heteroatoms. The fraction of sp³-hybridized carbons (Fsp3) is 0.417. The fourth-order valence-corrected chi connectivity index (χ4v) is 1.36. The zero-order valence-corrected chi connectivity index (χ0v) is 10.6. The van der Waals surface area contributed by atoms with Gasteiger partial charge in [0.15, 0.2) is 11.4 Å². The second-order valence-electron chi connectivity index (χ2n) is 4.07. The standard InChI is InChI=1S/C12H16N2O4/c1-8(2)18-9-5-4-6-13-11(9)12(17)14(3)7-10(15)16/h4-6,8H,7H2,1-3H3,(H,15,16). The first-order valence-corrected chi connectivity index (χ1v) is 5.50. The monoisotopic (exact) mass is 252 g/mol. The number of pyridine rings is 1. The van der Waals surface area contributed by atoms with Gasteiger partial charge in [-0.1, -0.05) is 0 Å². The third-order valence-corrected chi connectivity index (χ3v) is 2.06. The van der Waals surface area contributed by atoms with Crippen LogP contribution in [0.1, 0.15) is 24.3 Å². The van der Waals surface area contributed by atoms with E-state index in [0.29, 0.717) is 5.75 Å². The molecule has 0 bridgehead atoms. The average Bonchev–Trinajstić information content (AvgIpc) is 2.27. The van der Waals surface area contributed by atoms with Crippen molar-refractivity contribution in [3.05, 3.63) is 24.0 Å². The first kappa shape index (κ1) is 14.0. The highest BCUT2D eigenvalue weighted by molar-refractivity contribution is 5.96. The highest BCUT2D eigenvalue weighted by atomic mass is 16.5. The van der Waals surface area contributed by atoms with Crippen LogP contribution < -0.4 is 4.74 Å². The molecular formula is C12H16N2O4. The summed E-state index contributed by atoms with van der Waals surface area (Å²) < 4.78 is 5.46. The molecule has 0 unspecified atom stereocenters. The van der Waals surface area contributed by atoms with E-state index in [1.54, 1.807) is 12.1 Å². The van der Waals surface area contributed by atoms with E-state index in [9.17, 15) is 9.59 Å². The van der Waals surface area contributed by atoms with Gasteiger partial charge in [0.05, 0.1) is 6.10 Å². The summed E-state index contributed by atoms with van der Waals surface area (Å²) in [4.78, 5) is 27.6. The van der Waals surface area contributed by atoms with Crippen LogP contribution in [0.25, 0.3) is 0 Å². The molecule has 1 amide bonds. The number of amides is 1. The third-order valence-electron chi connectivity index (χ3n) is 2.06. The number of hydrogen-bond acceptors (Lipinski definition) is 4. The van der Waals surface area contributed by atoms with Crippen LogP contribution in [0.3, 0.4) is 0 Å². The highest BCUT2D eigenvalue weighted by Gasteiger charge is 2.20. The molecule has 98 valence electrons. The van der Waals surface area contributed by atoms with Crippen molar-refractivity contribution < 1.29 is 19.4 Å². The zero-order valence-electron chi connectivity index (χ0n) is 10.6. The Kier molecular flexibility index (Phi) is 4.65. The minimum absolute atomic E-state index is 0.0921. The van der Waals surface area contributed by atoms with Gasteiger partial charge >= 0.3 is 5.97 Å². The maximum atomic E-state index is 12.0. The average molecular weight is 252 g/mol. The molecule has 1 aromatic rings. The largest absolute Gasteiger partial charge is 0.489 e. The van der Waals surface area contributed by atoms with Crippen molar-refractivity contribution in [2.24, 2.45) is 0 Å². The van der Waals surface area contributed by atoms with Crippen molar-refractivity contribution in [3.8, 4) is 5.75 Å². The molecule has 0 saturated heterocycles. The summed E-state index contributed by atoms with van der Waals surface area (Å²) in [6.07, 6.45) is 1.38. The molecule has 0 aliphatic rings. The molecule has 0 spiro atoms. The Hall–Kier alpha value is -2.11. The minimum Gasteiger partial charge on any atom is -0.489 e. The van der Waals surface area contributed by atoms with Crippen LogP contribution in [0.2, 0.25) is 0 Å². The summed E-state index contributed by atoms with van der Waals surface area (Å²) in [6, 6.07) is 3.29. The van der Waals surface area contributed by atoms with Crippen LogP contribution in [-0.4, -0.2) is 46.6 Å². The normalized spacial score (nSPS) is 10.2. The molecule has 0 atom stereocenters. The highest BCUT2D eigenvalue weighted by Crippen LogP contribution is 2.18. The van der Waals surface area contributed by atoms with Gasteiger partial charge in [0.1, 0.15) is 6.54 Å². The van der Waals surface area contributed by atoms with E-state index < -0.39 is 11.9 Å². The molecule has 0 aromatic carbocycles. The topological polar surface area (TPSA) is 79.7 Å². The number of carboxylic acids is 1. The molecule has 0 fully saturated rings. The third kappa shape index (κ3) is 3.73. The van der Waals surface area contributed by atoms with Crippen molar-refractivity contribution in [2.45, 2.75) is 20.0 Å². The molecule has 0 radical (unpaired) electrons. The van der Waals surface area contributed by atoms with Crippen molar-refractivity contribution in [1.82, 2.24) is 9.88 Å². The molecule has 0 saturated carbocycles. The molecule has 1 heterocycles. The van der Waals surface area contributed by atoms with E-state index in [4.69, 9.17) is 9.84 Å². The van der Waals surface area contributed by atoms with Gasteiger partial charge in [-0.25, -0.2) is 4.98 Å². The zero-order chi connectivity index (χ0) is 13.7. The van der Waals surface area contributed by atoms with Gasteiger partial charge in [-0.05, 0) is 26.0 Å². The van der Waals surface area contributed by atoms with E-state index in [1.807, 2.05) is 13.8 Å². The maximum absolute atomic E-state index is 12.0. The molecule has 1 rings (SSSR count). The molecule has 0 aliphatic heterocycles. The van der Waals surface area contributed by atoms with E-state index in [-0.39, 0.29) is 18.3 Å². The summed E-state index contributed by atoms with van der Waals surface area (Å²) in [5.74, 6) is -1.20. The van der Waals surface area contributed by atoms with Gasteiger partial charge in [-0.2, -0.15) is 0 Å². The number of carbonyl (C=O) groups excluding carboxylic acids is 1. The van der Waals surface area contributed by atoms with Gasteiger partial charge in [0, 0.05) is 13.2 Å². The van der Waals surface area contributed by atoms with Crippen LogP contribution in [0.15, 0.2) is 18.3 Å². The summed E-state index contributed by atoms with van der Waals surface area (Å²) in [6.45, 7) is 3.29. The van der Waals surface area contributed by atoms with Crippen LogP contribution in [0.5, 0.6) is 5.75 Å². The minimum atomic E-state index is -1.08. The van der Waals surface area contributed by atoms with Gasteiger partial charge in [-0.3, -0.25) is 9.59 Å². The second-order valence-corrected chi connectivity index (χ2v) is 4.07.